The molecular weight excluding hydrogens is 459 g/mol. The molecule has 2 atom stereocenters. The SMILES string of the molecule is CN(C)[C@H]1CCN(c2ccc(-c3cc4c(cc3F)ncc3c4n([C@H]4CCCOC4)c(=O)n3C)cn2)C1. The van der Waals surface area contributed by atoms with Crippen molar-refractivity contribution < 1.29 is 9.13 Å². The molecule has 2 aliphatic rings. The zero-order valence-electron chi connectivity index (χ0n) is 20.9. The molecule has 2 fully saturated rings. The fourth-order valence-corrected chi connectivity index (χ4v) is 5.64. The molecule has 2 aliphatic heterocycles. The van der Waals surface area contributed by atoms with E-state index in [2.05, 4.69) is 33.9 Å². The molecule has 188 valence electrons. The lowest BCUT2D eigenvalue weighted by molar-refractivity contribution is 0.0593. The Hall–Kier alpha value is -3.30. The van der Waals surface area contributed by atoms with Crippen LogP contribution in [0, 0.1) is 5.82 Å². The Kier molecular flexibility index (Phi) is 5.76. The number of halogens is 1. The van der Waals surface area contributed by atoms with Gasteiger partial charge in [0.25, 0.3) is 0 Å². The van der Waals surface area contributed by atoms with Gasteiger partial charge >= 0.3 is 5.69 Å². The maximum atomic E-state index is 15.3. The Morgan fingerprint density at radius 2 is 2.00 bits per heavy atom. The number of hydrogen-bond donors (Lipinski definition) is 0. The summed E-state index contributed by atoms with van der Waals surface area (Å²) in [5.41, 5.74) is 3.08. The Balaban J connectivity index is 1.44. The lowest BCUT2D eigenvalue weighted by Crippen LogP contribution is -2.31. The number of ether oxygens (including phenoxy) is 1. The molecule has 5 heterocycles. The Labute approximate surface area is 208 Å². The van der Waals surface area contributed by atoms with Crippen molar-refractivity contribution in [1.29, 1.82) is 0 Å². The predicted molar refractivity (Wildman–Crippen MR) is 139 cm³/mol. The third-order valence-corrected chi connectivity index (χ3v) is 7.78. The number of anilines is 1. The van der Waals surface area contributed by atoms with Crippen molar-refractivity contribution >= 4 is 27.8 Å². The van der Waals surface area contributed by atoms with Crippen LogP contribution in [0.1, 0.15) is 25.3 Å². The number of hydrogen-bond acceptors (Lipinski definition) is 6. The monoisotopic (exact) mass is 490 g/mol. The number of aromatic nitrogens is 4. The van der Waals surface area contributed by atoms with E-state index in [1.165, 1.54) is 6.07 Å². The van der Waals surface area contributed by atoms with Crippen LogP contribution < -0.4 is 10.6 Å². The quantitative estimate of drug-likeness (QED) is 0.436. The van der Waals surface area contributed by atoms with E-state index in [0.29, 0.717) is 35.9 Å². The summed E-state index contributed by atoms with van der Waals surface area (Å²) in [7, 11) is 5.96. The van der Waals surface area contributed by atoms with E-state index < -0.39 is 0 Å². The summed E-state index contributed by atoms with van der Waals surface area (Å²) in [4.78, 5) is 26.9. The molecule has 0 bridgehead atoms. The number of fused-ring (bicyclic) bond motifs is 3. The van der Waals surface area contributed by atoms with Crippen LogP contribution in [0.25, 0.3) is 33.1 Å². The van der Waals surface area contributed by atoms with Gasteiger partial charge in [-0.25, -0.2) is 14.2 Å². The highest BCUT2D eigenvalue weighted by Crippen LogP contribution is 2.33. The minimum absolute atomic E-state index is 0.0542. The zero-order chi connectivity index (χ0) is 25.0. The van der Waals surface area contributed by atoms with Gasteiger partial charge in [0.05, 0.1) is 35.4 Å². The van der Waals surface area contributed by atoms with Gasteiger partial charge in [-0.15, -0.1) is 0 Å². The predicted octanol–water partition coefficient (Wildman–Crippen LogP) is 3.58. The molecule has 8 nitrogen and oxygen atoms in total. The van der Waals surface area contributed by atoms with Crippen molar-refractivity contribution in [3.63, 3.8) is 0 Å². The lowest BCUT2D eigenvalue weighted by atomic mass is 10.0. The second-order valence-corrected chi connectivity index (χ2v) is 10.2. The molecule has 6 rings (SSSR count). The van der Waals surface area contributed by atoms with Crippen LogP contribution in [-0.4, -0.2) is 70.4 Å². The van der Waals surface area contributed by atoms with Gasteiger partial charge < -0.3 is 14.5 Å². The van der Waals surface area contributed by atoms with Crippen LogP contribution in [0.4, 0.5) is 10.2 Å². The summed E-state index contributed by atoms with van der Waals surface area (Å²) < 4.78 is 24.4. The third kappa shape index (κ3) is 3.77. The summed E-state index contributed by atoms with van der Waals surface area (Å²) in [6.45, 7) is 3.10. The normalized spacial score (nSPS) is 20.8. The number of imidazole rings is 1. The van der Waals surface area contributed by atoms with E-state index in [1.54, 1.807) is 24.0 Å². The topological polar surface area (TPSA) is 68.4 Å². The molecule has 3 aromatic heterocycles. The second-order valence-electron chi connectivity index (χ2n) is 10.2. The highest BCUT2D eigenvalue weighted by molar-refractivity contribution is 6.04. The third-order valence-electron chi connectivity index (χ3n) is 7.78. The van der Waals surface area contributed by atoms with E-state index >= 15 is 4.39 Å². The van der Waals surface area contributed by atoms with Crippen molar-refractivity contribution in [3.05, 3.63) is 53.0 Å². The molecule has 0 amide bonds. The van der Waals surface area contributed by atoms with E-state index in [1.807, 2.05) is 22.8 Å². The average molecular weight is 491 g/mol. The molecular formula is C27H31FN6O2. The van der Waals surface area contributed by atoms with Gasteiger partial charge in [-0.2, -0.15) is 0 Å². The summed E-state index contributed by atoms with van der Waals surface area (Å²) in [5, 5.41) is 0.754. The fraction of sp³-hybridized carbons (Fsp3) is 0.444. The maximum absolute atomic E-state index is 15.3. The highest BCUT2D eigenvalue weighted by Gasteiger charge is 2.26. The lowest BCUT2D eigenvalue weighted by Gasteiger charge is -2.23. The van der Waals surface area contributed by atoms with Gasteiger partial charge in [-0.1, -0.05) is 0 Å². The average Bonchev–Trinajstić information content (AvgIpc) is 3.48. The zero-order valence-corrected chi connectivity index (χ0v) is 20.9. The van der Waals surface area contributed by atoms with Gasteiger partial charge in [0.15, 0.2) is 0 Å². The molecule has 0 radical (unpaired) electrons. The van der Waals surface area contributed by atoms with Gasteiger partial charge in [-0.3, -0.25) is 14.1 Å². The van der Waals surface area contributed by atoms with Crippen LogP contribution in [0.3, 0.4) is 0 Å². The Morgan fingerprint density at radius 3 is 2.69 bits per heavy atom. The Morgan fingerprint density at radius 1 is 1.14 bits per heavy atom. The van der Waals surface area contributed by atoms with Gasteiger partial charge in [0.2, 0.25) is 0 Å². The minimum Gasteiger partial charge on any atom is -0.379 e. The van der Waals surface area contributed by atoms with Crippen molar-refractivity contribution in [1.82, 2.24) is 24.0 Å². The van der Waals surface area contributed by atoms with E-state index in [4.69, 9.17) is 4.74 Å². The first-order chi connectivity index (χ1) is 17.4. The van der Waals surface area contributed by atoms with Crippen LogP contribution in [0.2, 0.25) is 0 Å². The first-order valence-electron chi connectivity index (χ1n) is 12.6. The number of benzene rings is 1. The molecule has 0 spiro atoms. The summed E-state index contributed by atoms with van der Waals surface area (Å²) in [5.74, 6) is 0.547. The van der Waals surface area contributed by atoms with Crippen LogP contribution in [-0.2, 0) is 11.8 Å². The first kappa shape index (κ1) is 23.1. The fourth-order valence-electron chi connectivity index (χ4n) is 5.64. The number of pyridine rings is 2. The van der Waals surface area contributed by atoms with Crippen molar-refractivity contribution in [3.8, 4) is 11.1 Å². The van der Waals surface area contributed by atoms with Crippen molar-refractivity contribution in [2.45, 2.75) is 31.3 Å². The van der Waals surface area contributed by atoms with Crippen molar-refractivity contribution in [2.24, 2.45) is 7.05 Å². The molecule has 0 aliphatic carbocycles. The van der Waals surface area contributed by atoms with E-state index in [9.17, 15) is 4.79 Å². The van der Waals surface area contributed by atoms with E-state index in [0.717, 1.165) is 54.6 Å². The molecule has 4 aromatic rings. The van der Waals surface area contributed by atoms with E-state index in [-0.39, 0.29) is 17.5 Å². The number of nitrogens with zero attached hydrogens (tertiary/aromatic N) is 6. The van der Waals surface area contributed by atoms with Crippen LogP contribution in [0.15, 0.2) is 41.5 Å². The number of aryl methyl sites for hydroxylation is 1. The van der Waals surface area contributed by atoms with Gasteiger partial charge in [-0.05, 0) is 51.6 Å². The first-order valence-corrected chi connectivity index (χ1v) is 12.6. The maximum Gasteiger partial charge on any atom is 0.329 e. The molecule has 0 N–H and O–H groups in total. The van der Waals surface area contributed by atoms with Crippen LogP contribution >= 0.6 is 0 Å². The number of rotatable bonds is 4. The molecule has 36 heavy (non-hydrogen) atoms. The molecule has 9 heteroatoms. The smallest absolute Gasteiger partial charge is 0.329 e. The standard InChI is InChI=1S/C27H31FN6O2/c1-31(2)18-8-9-33(15-18)25-7-6-17(13-30-25)20-11-21-23(12-22(20)28)29-14-24-26(21)34(27(35)32(24)3)19-5-4-10-36-16-19/h6-7,11-14,18-19H,4-5,8-10,15-16H2,1-3H3/t18-,19-/m0/s1. The Bertz CT molecular complexity index is 1490. The highest BCUT2D eigenvalue weighted by atomic mass is 19.1. The molecule has 0 saturated carbocycles. The second kappa shape index (κ2) is 8.97. The van der Waals surface area contributed by atoms with Crippen LogP contribution in [0.5, 0.6) is 0 Å². The largest absolute Gasteiger partial charge is 0.379 e. The molecule has 0 unspecified atom stereocenters. The number of likely N-dealkylation sites (N-methyl/N-ethyl adjacent to an activating group) is 1. The molecule has 1 aromatic carbocycles. The minimum atomic E-state index is -0.358. The summed E-state index contributed by atoms with van der Waals surface area (Å²) >= 11 is 0. The van der Waals surface area contributed by atoms with Crippen molar-refractivity contribution in [2.75, 3.05) is 45.3 Å². The van der Waals surface area contributed by atoms with Gasteiger partial charge in [0.1, 0.15) is 11.6 Å². The van der Waals surface area contributed by atoms with Gasteiger partial charge in [0, 0.05) is 61.6 Å². The summed E-state index contributed by atoms with van der Waals surface area (Å²) in [6.07, 6.45) is 6.27. The molecule has 2 saturated heterocycles. The summed E-state index contributed by atoms with van der Waals surface area (Å²) in [6, 6.07) is 7.62.